The molecule has 0 N–H and O–H groups in total. The van der Waals surface area contributed by atoms with Crippen LogP contribution in [0.4, 0.5) is 0 Å². The number of carbonyl (C=O) groups excluding carboxylic acids is 1. The quantitative estimate of drug-likeness (QED) is 0.196. The zero-order chi connectivity index (χ0) is 19.4. The Morgan fingerprint density at radius 1 is 1.22 bits per heavy atom. The molecule has 3 fully saturated rings. The van der Waals surface area contributed by atoms with Crippen molar-refractivity contribution in [2.45, 2.75) is 85.2 Å². The van der Waals surface area contributed by atoms with Crippen molar-refractivity contribution in [2.75, 3.05) is 4.43 Å². The normalized spacial score (nSPS) is 47.3. The van der Waals surface area contributed by atoms with Gasteiger partial charge in [-0.2, -0.15) is 0 Å². The van der Waals surface area contributed by atoms with Crippen LogP contribution >= 0.6 is 22.6 Å². The van der Waals surface area contributed by atoms with E-state index in [4.69, 9.17) is 4.74 Å². The van der Waals surface area contributed by atoms with Gasteiger partial charge in [0.1, 0.15) is 6.10 Å². The number of carbonyl (C=O) groups is 1. The van der Waals surface area contributed by atoms with Gasteiger partial charge < -0.3 is 4.74 Å². The SMILES string of the molecule is CC(=O)OC1CCC2(C)C(=CCC3C2CCC2(C)C(C(C)CI)CCC32)C1. The summed E-state index contributed by atoms with van der Waals surface area (Å²) >= 11 is 2.60. The van der Waals surface area contributed by atoms with Gasteiger partial charge in [-0.15, -0.1) is 0 Å². The van der Waals surface area contributed by atoms with E-state index in [1.807, 2.05) is 0 Å². The largest absolute Gasteiger partial charge is 0.462 e. The summed E-state index contributed by atoms with van der Waals surface area (Å²) in [4.78, 5) is 11.4. The molecule has 0 aromatic heterocycles. The van der Waals surface area contributed by atoms with Gasteiger partial charge >= 0.3 is 5.97 Å². The van der Waals surface area contributed by atoms with Gasteiger partial charge in [0.15, 0.2) is 0 Å². The van der Waals surface area contributed by atoms with Crippen LogP contribution in [0.3, 0.4) is 0 Å². The zero-order valence-corrected chi connectivity index (χ0v) is 19.8. The van der Waals surface area contributed by atoms with E-state index in [1.165, 1.54) is 43.0 Å². The van der Waals surface area contributed by atoms with Gasteiger partial charge in [0.2, 0.25) is 0 Å². The van der Waals surface area contributed by atoms with E-state index in [1.54, 1.807) is 12.5 Å². The summed E-state index contributed by atoms with van der Waals surface area (Å²) in [6.07, 6.45) is 13.0. The lowest BCUT2D eigenvalue weighted by molar-refractivity contribution is -0.148. The van der Waals surface area contributed by atoms with E-state index >= 15 is 0 Å². The summed E-state index contributed by atoms with van der Waals surface area (Å²) in [5, 5.41) is 0. The van der Waals surface area contributed by atoms with E-state index in [0.29, 0.717) is 10.8 Å². The molecule has 2 nitrogen and oxygen atoms in total. The third-order valence-electron chi connectivity index (χ3n) is 9.39. The van der Waals surface area contributed by atoms with Gasteiger partial charge in [0, 0.05) is 17.8 Å². The number of alkyl halides is 1. The molecule has 0 heterocycles. The summed E-state index contributed by atoms with van der Waals surface area (Å²) < 4.78 is 6.88. The number of hydrogen-bond acceptors (Lipinski definition) is 2. The molecule has 0 aromatic rings. The number of hydrogen-bond donors (Lipinski definition) is 0. The molecule has 4 aliphatic carbocycles. The van der Waals surface area contributed by atoms with Crippen LogP contribution in [0.1, 0.15) is 79.1 Å². The Kier molecular flexibility index (Phi) is 5.48. The van der Waals surface area contributed by atoms with E-state index in [-0.39, 0.29) is 12.1 Å². The van der Waals surface area contributed by atoms with Crippen molar-refractivity contribution in [2.24, 2.45) is 40.4 Å². The summed E-state index contributed by atoms with van der Waals surface area (Å²) in [5.41, 5.74) is 2.54. The molecule has 4 rings (SSSR count). The first-order valence-electron chi connectivity index (χ1n) is 11.2. The highest BCUT2D eigenvalue weighted by Gasteiger charge is 2.59. The lowest BCUT2D eigenvalue weighted by Crippen LogP contribution is -2.51. The number of fused-ring (bicyclic) bond motifs is 5. The van der Waals surface area contributed by atoms with Crippen molar-refractivity contribution >= 4 is 28.6 Å². The Morgan fingerprint density at radius 2 is 2.00 bits per heavy atom. The average Bonchev–Trinajstić information content (AvgIpc) is 2.98. The molecule has 3 saturated carbocycles. The average molecular weight is 484 g/mol. The molecule has 0 radical (unpaired) electrons. The Labute approximate surface area is 179 Å². The first-order chi connectivity index (χ1) is 12.8. The summed E-state index contributed by atoms with van der Waals surface area (Å²) in [5.74, 6) is 4.33. The Balaban J connectivity index is 1.56. The van der Waals surface area contributed by atoms with E-state index < -0.39 is 0 Å². The predicted octanol–water partition coefficient (Wildman–Crippen LogP) is 6.57. The molecule has 27 heavy (non-hydrogen) atoms. The molecule has 0 amide bonds. The van der Waals surface area contributed by atoms with Crippen LogP contribution in [-0.4, -0.2) is 16.5 Å². The molecule has 8 atom stereocenters. The second-order valence-corrected chi connectivity index (χ2v) is 11.5. The van der Waals surface area contributed by atoms with Gasteiger partial charge in [0.05, 0.1) is 0 Å². The summed E-state index contributed by atoms with van der Waals surface area (Å²) in [7, 11) is 0. The van der Waals surface area contributed by atoms with Crippen molar-refractivity contribution in [3.8, 4) is 0 Å². The maximum Gasteiger partial charge on any atom is 0.302 e. The minimum Gasteiger partial charge on any atom is -0.462 e. The van der Waals surface area contributed by atoms with Gasteiger partial charge in [0.25, 0.3) is 0 Å². The van der Waals surface area contributed by atoms with Crippen LogP contribution in [0, 0.1) is 40.4 Å². The Hall–Kier alpha value is -0.0600. The van der Waals surface area contributed by atoms with Crippen LogP contribution in [0.15, 0.2) is 11.6 Å². The molecule has 152 valence electrons. The number of esters is 1. The molecule has 0 aromatic carbocycles. The second kappa shape index (κ2) is 7.32. The molecule has 0 saturated heterocycles. The minimum absolute atomic E-state index is 0.118. The fourth-order valence-corrected chi connectivity index (χ4v) is 8.66. The van der Waals surface area contributed by atoms with Gasteiger partial charge in [-0.1, -0.05) is 55.0 Å². The maximum atomic E-state index is 11.4. The highest BCUT2D eigenvalue weighted by molar-refractivity contribution is 14.1. The van der Waals surface area contributed by atoms with Gasteiger partial charge in [-0.05, 0) is 85.4 Å². The van der Waals surface area contributed by atoms with Crippen molar-refractivity contribution in [1.82, 2.24) is 0 Å². The molecule has 3 heteroatoms. The highest BCUT2D eigenvalue weighted by atomic mass is 127. The van der Waals surface area contributed by atoms with E-state index in [0.717, 1.165) is 42.4 Å². The fraction of sp³-hybridized carbons (Fsp3) is 0.875. The van der Waals surface area contributed by atoms with Crippen molar-refractivity contribution in [1.29, 1.82) is 0 Å². The minimum atomic E-state index is -0.118. The number of halogens is 1. The first kappa shape index (κ1) is 20.2. The third-order valence-corrected chi connectivity index (χ3v) is 10.8. The Morgan fingerprint density at radius 3 is 2.70 bits per heavy atom. The zero-order valence-electron chi connectivity index (χ0n) is 17.6. The van der Waals surface area contributed by atoms with Crippen LogP contribution in [0.25, 0.3) is 0 Å². The van der Waals surface area contributed by atoms with Crippen LogP contribution in [-0.2, 0) is 9.53 Å². The van der Waals surface area contributed by atoms with E-state index in [2.05, 4.69) is 49.4 Å². The van der Waals surface area contributed by atoms with Crippen molar-refractivity contribution in [3.63, 3.8) is 0 Å². The highest BCUT2D eigenvalue weighted by Crippen LogP contribution is 2.67. The smallest absolute Gasteiger partial charge is 0.302 e. The molecular weight excluding hydrogens is 447 g/mol. The summed E-state index contributed by atoms with van der Waals surface area (Å²) in [6, 6.07) is 0. The van der Waals surface area contributed by atoms with Gasteiger partial charge in [-0.25, -0.2) is 0 Å². The van der Waals surface area contributed by atoms with Crippen molar-refractivity contribution in [3.05, 3.63) is 11.6 Å². The lowest BCUT2D eigenvalue weighted by atomic mass is 9.47. The fourth-order valence-electron chi connectivity index (χ4n) is 8.05. The molecule has 0 bridgehead atoms. The van der Waals surface area contributed by atoms with Crippen LogP contribution < -0.4 is 0 Å². The topological polar surface area (TPSA) is 26.3 Å². The molecule has 4 aliphatic rings. The molecular formula is C24H37IO2. The van der Waals surface area contributed by atoms with E-state index in [9.17, 15) is 4.79 Å². The number of rotatable bonds is 3. The van der Waals surface area contributed by atoms with Crippen molar-refractivity contribution < 1.29 is 9.53 Å². The second-order valence-electron chi connectivity index (χ2n) is 10.6. The van der Waals surface area contributed by atoms with Crippen LogP contribution in [0.2, 0.25) is 0 Å². The van der Waals surface area contributed by atoms with Gasteiger partial charge in [-0.3, -0.25) is 4.79 Å². The lowest BCUT2D eigenvalue weighted by Gasteiger charge is -2.58. The first-order valence-corrected chi connectivity index (χ1v) is 12.7. The monoisotopic (exact) mass is 484 g/mol. The Bertz CT molecular complexity index is 628. The molecule has 0 spiro atoms. The predicted molar refractivity (Wildman–Crippen MR) is 119 cm³/mol. The molecule has 8 unspecified atom stereocenters. The third kappa shape index (κ3) is 3.22. The maximum absolute atomic E-state index is 11.4. The number of allylic oxidation sites excluding steroid dienone is 1. The van der Waals surface area contributed by atoms with Crippen LogP contribution in [0.5, 0.6) is 0 Å². The molecule has 0 aliphatic heterocycles. The number of ether oxygens (including phenoxy) is 1. The summed E-state index contributed by atoms with van der Waals surface area (Å²) in [6.45, 7) is 9.23. The standard InChI is InChI=1S/C24H37IO2/c1-15(14-25)20-7-8-21-19-6-5-17-13-18(27-16(2)26)9-11-23(17,3)22(19)10-12-24(20,21)4/h5,15,18-22H,6-14H2,1-4H3.